The van der Waals surface area contributed by atoms with E-state index in [-0.39, 0.29) is 12.5 Å². The predicted molar refractivity (Wildman–Crippen MR) is 85.3 cm³/mol. The van der Waals surface area contributed by atoms with E-state index in [4.69, 9.17) is 4.74 Å². The van der Waals surface area contributed by atoms with Crippen molar-refractivity contribution < 1.29 is 14.3 Å². The van der Waals surface area contributed by atoms with Crippen molar-refractivity contribution >= 4 is 40.6 Å². The number of nitrogens with one attached hydrogen (secondary N) is 1. The molecule has 1 amide bonds. The van der Waals surface area contributed by atoms with Gasteiger partial charge in [-0.3, -0.25) is 4.79 Å². The van der Waals surface area contributed by atoms with Crippen molar-refractivity contribution in [3.63, 3.8) is 0 Å². The molecule has 21 heavy (non-hydrogen) atoms. The lowest BCUT2D eigenvalue weighted by molar-refractivity contribution is -0.143. The fraction of sp³-hybridized carbons (Fsp3) is 0.200. The first-order valence-corrected chi connectivity index (χ1v) is 8.22. The van der Waals surface area contributed by atoms with Gasteiger partial charge in [-0.2, -0.15) is 11.3 Å². The zero-order chi connectivity index (χ0) is 14.9. The van der Waals surface area contributed by atoms with Gasteiger partial charge in [0, 0.05) is 17.5 Å². The minimum absolute atomic E-state index is 0.253. The summed E-state index contributed by atoms with van der Waals surface area (Å²) in [6.07, 6.45) is 3.77. The molecule has 2 rings (SSSR count). The summed E-state index contributed by atoms with van der Waals surface area (Å²) in [7, 11) is 0. The molecule has 2 heterocycles. The van der Waals surface area contributed by atoms with Crippen molar-refractivity contribution in [3.05, 3.63) is 50.9 Å². The van der Waals surface area contributed by atoms with Gasteiger partial charge in [0.05, 0.1) is 0 Å². The highest BCUT2D eigenvalue weighted by atomic mass is 32.1. The Bertz CT molecular complexity index is 588. The molecule has 0 spiro atoms. The fourth-order valence-electron chi connectivity index (χ4n) is 1.55. The van der Waals surface area contributed by atoms with E-state index in [1.807, 2.05) is 34.3 Å². The molecule has 0 fully saturated rings. The monoisotopic (exact) mass is 321 g/mol. The average molecular weight is 321 g/mol. The molecule has 0 unspecified atom stereocenters. The van der Waals surface area contributed by atoms with Crippen LogP contribution in [0.5, 0.6) is 0 Å². The van der Waals surface area contributed by atoms with Crippen molar-refractivity contribution in [2.45, 2.75) is 6.42 Å². The molecule has 0 radical (unpaired) electrons. The molecular formula is C15H15NO3S2. The lowest BCUT2D eigenvalue weighted by Crippen LogP contribution is -2.30. The summed E-state index contributed by atoms with van der Waals surface area (Å²) in [5, 5.41) is 8.55. The van der Waals surface area contributed by atoms with Crippen LogP contribution in [0.3, 0.4) is 0 Å². The second kappa shape index (κ2) is 8.39. The van der Waals surface area contributed by atoms with E-state index in [9.17, 15) is 9.59 Å². The SMILES string of the molecule is O=C(COC(=O)/C=C/c1ccsc1)NCCc1cccs1. The number of esters is 1. The Kier molecular flexibility index (Phi) is 6.18. The summed E-state index contributed by atoms with van der Waals surface area (Å²) in [5.74, 6) is -0.807. The molecule has 6 heteroatoms. The highest BCUT2D eigenvalue weighted by Gasteiger charge is 2.04. The maximum absolute atomic E-state index is 11.5. The quantitative estimate of drug-likeness (QED) is 0.630. The molecule has 0 saturated carbocycles. The summed E-state index contributed by atoms with van der Waals surface area (Å²) >= 11 is 3.20. The molecule has 0 saturated heterocycles. The molecule has 0 aliphatic rings. The third-order valence-electron chi connectivity index (χ3n) is 2.57. The second-order valence-electron chi connectivity index (χ2n) is 4.18. The van der Waals surface area contributed by atoms with Crippen LogP contribution in [0.2, 0.25) is 0 Å². The van der Waals surface area contributed by atoms with Crippen LogP contribution < -0.4 is 5.32 Å². The van der Waals surface area contributed by atoms with Crippen molar-refractivity contribution in [2.24, 2.45) is 0 Å². The maximum atomic E-state index is 11.5. The van der Waals surface area contributed by atoms with Crippen LogP contribution in [0.1, 0.15) is 10.4 Å². The summed E-state index contributed by atoms with van der Waals surface area (Å²) < 4.78 is 4.86. The van der Waals surface area contributed by atoms with Crippen molar-refractivity contribution in [1.29, 1.82) is 0 Å². The number of amides is 1. The number of hydrogen-bond acceptors (Lipinski definition) is 5. The Morgan fingerprint density at radius 1 is 1.29 bits per heavy atom. The van der Waals surface area contributed by atoms with Gasteiger partial charge < -0.3 is 10.1 Å². The van der Waals surface area contributed by atoms with Crippen LogP contribution in [0, 0.1) is 0 Å². The lowest BCUT2D eigenvalue weighted by Gasteiger charge is -2.04. The van der Waals surface area contributed by atoms with Gasteiger partial charge >= 0.3 is 5.97 Å². The highest BCUT2D eigenvalue weighted by molar-refractivity contribution is 7.09. The van der Waals surface area contributed by atoms with E-state index < -0.39 is 5.97 Å². The van der Waals surface area contributed by atoms with Crippen LogP contribution in [0.4, 0.5) is 0 Å². The Morgan fingerprint density at radius 3 is 2.90 bits per heavy atom. The van der Waals surface area contributed by atoms with Gasteiger partial charge in [0.25, 0.3) is 5.91 Å². The van der Waals surface area contributed by atoms with Gasteiger partial charge in [-0.15, -0.1) is 11.3 Å². The van der Waals surface area contributed by atoms with Gasteiger partial charge in [0.2, 0.25) is 0 Å². The molecule has 110 valence electrons. The third kappa shape index (κ3) is 5.93. The van der Waals surface area contributed by atoms with E-state index in [1.54, 1.807) is 28.7 Å². The number of ether oxygens (including phenoxy) is 1. The van der Waals surface area contributed by atoms with Crippen LogP contribution in [0.25, 0.3) is 6.08 Å². The normalized spacial score (nSPS) is 10.7. The Labute approximate surface area is 131 Å². The maximum Gasteiger partial charge on any atom is 0.331 e. The average Bonchev–Trinajstić information content (AvgIpc) is 3.16. The largest absolute Gasteiger partial charge is 0.452 e. The zero-order valence-corrected chi connectivity index (χ0v) is 12.9. The van der Waals surface area contributed by atoms with E-state index in [1.165, 1.54) is 11.0 Å². The number of carbonyl (C=O) groups excluding carboxylic acids is 2. The second-order valence-corrected chi connectivity index (χ2v) is 5.99. The first-order valence-electron chi connectivity index (χ1n) is 6.40. The summed E-state index contributed by atoms with van der Waals surface area (Å²) in [6.45, 7) is 0.291. The molecule has 0 aliphatic heterocycles. The van der Waals surface area contributed by atoms with E-state index in [0.29, 0.717) is 6.54 Å². The van der Waals surface area contributed by atoms with Crippen molar-refractivity contribution in [1.82, 2.24) is 5.32 Å². The van der Waals surface area contributed by atoms with Crippen LogP contribution >= 0.6 is 22.7 Å². The predicted octanol–water partition coefficient (Wildman–Crippen LogP) is 2.72. The van der Waals surface area contributed by atoms with E-state index in [0.717, 1.165) is 12.0 Å². The van der Waals surface area contributed by atoms with Gasteiger partial charge in [-0.1, -0.05) is 6.07 Å². The molecule has 0 aliphatic carbocycles. The molecule has 2 aromatic heterocycles. The Hall–Kier alpha value is -1.92. The van der Waals surface area contributed by atoms with Gasteiger partial charge in [0.1, 0.15) is 0 Å². The number of carbonyl (C=O) groups is 2. The van der Waals surface area contributed by atoms with E-state index >= 15 is 0 Å². The molecule has 4 nitrogen and oxygen atoms in total. The molecule has 0 aromatic carbocycles. The fourth-order valence-corrected chi connectivity index (χ4v) is 2.89. The summed E-state index contributed by atoms with van der Waals surface area (Å²) in [6, 6.07) is 5.89. The minimum Gasteiger partial charge on any atom is -0.452 e. The van der Waals surface area contributed by atoms with Crippen LogP contribution in [0.15, 0.2) is 40.4 Å². The molecule has 1 N–H and O–H groups in total. The number of rotatable bonds is 7. The van der Waals surface area contributed by atoms with Crippen LogP contribution in [-0.4, -0.2) is 25.0 Å². The smallest absolute Gasteiger partial charge is 0.331 e. The number of thiophene rings is 2. The molecule has 0 atom stereocenters. The molecule has 0 bridgehead atoms. The minimum atomic E-state index is -0.519. The molecular weight excluding hydrogens is 306 g/mol. The Balaban J connectivity index is 1.61. The lowest BCUT2D eigenvalue weighted by atomic mass is 10.3. The first-order chi connectivity index (χ1) is 10.2. The molecule has 2 aromatic rings. The Morgan fingerprint density at radius 2 is 2.19 bits per heavy atom. The standard InChI is InChI=1S/C15H15NO3S2/c17-14(16-7-5-13-2-1-8-21-13)10-19-15(18)4-3-12-6-9-20-11-12/h1-4,6,8-9,11H,5,7,10H2,(H,16,17)/b4-3+. The van der Waals surface area contributed by atoms with Gasteiger partial charge in [-0.25, -0.2) is 4.79 Å². The first kappa shape index (κ1) is 15.5. The number of hydrogen-bond donors (Lipinski definition) is 1. The third-order valence-corrected chi connectivity index (χ3v) is 4.21. The topological polar surface area (TPSA) is 55.4 Å². The summed E-state index contributed by atoms with van der Waals surface area (Å²) in [4.78, 5) is 24.1. The van der Waals surface area contributed by atoms with E-state index in [2.05, 4.69) is 5.32 Å². The highest BCUT2D eigenvalue weighted by Crippen LogP contribution is 2.08. The van der Waals surface area contributed by atoms with Gasteiger partial charge in [0.15, 0.2) is 6.61 Å². The van der Waals surface area contributed by atoms with Crippen LogP contribution in [-0.2, 0) is 20.7 Å². The van der Waals surface area contributed by atoms with Crippen molar-refractivity contribution in [2.75, 3.05) is 13.2 Å². The zero-order valence-electron chi connectivity index (χ0n) is 11.3. The van der Waals surface area contributed by atoms with Gasteiger partial charge in [-0.05, 0) is 46.3 Å². The van der Waals surface area contributed by atoms with Crippen molar-refractivity contribution in [3.8, 4) is 0 Å². The summed E-state index contributed by atoms with van der Waals surface area (Å²) in [5.41, 5.74) is 0.942.